The molecule has 1 aliphatic rings. The Hall–Kier alpha value is -2.34. The summed E-state index contributed by atoms with van der Waals surface area (Å²) in [6, 6.07) is 9.34. The number of amides is 1. The second-order valence-electron chi connectivity index (χ2n) is 5.79. The summed E-state index contributed by atoms with van der Waals surface area (Å²) in [6.45, 7) is 0.402. The van der Waals surface area contributed by atoms with E-state index in [4.69, 9.17) is 5.73 Å². The van der Waals surface area contributed by atoms with Crippen molar-refractivity contribution in [3.05, 3.63) is 42.2 Å². The number of carbonyl (C=O) groups excluding carboxylic acids is 1. The highest BCUT2D eigenvalue weighted by molar-refractivity contribution is 5.95. The molecule has 1 saturated carbocycles. The van der Waals surface area contributed by atoms with Crippen LogP contribution in [-0.4, -0.2) is 32.9 Å². The lowest BCUT2D eigenvalue weighted by molar-refractivity contribution is 0.0895. The molecule has 2 aromatic rings. The van der Waals surface area contributed by atoms with Crippen molar-refractivity contribution in [2.24, 2.45) is 5.73 Å². The molecule has 3 rings (SSSR count). The fourth-order valence-electron chi connectivity index (χ4n) is 2.97. The molecule has 6 nitrogen and oxygen atoms in total. The summed E-state index contributed by atoms with van der Waals surface area (Å²) in [5.41, 5.74) is 6.28. The third kappa shape index (κ3) is 2.69. The summed E-state index contributed by atoms with van der Waals surface area (Å²) in [5, 5.41) is 17.2. The van der Waals surface area contributed by atoms with E-state index in [1.54, 1.807) is 0 Å². The SMILES string of the molecule is NCC1(NC(=O)c2nn(-c3ccccc3)cc2O)CCCC1. The van der Waals surface area contributed by atoms with E-state index in [0.717, 1.165) is 31.4 Å². The molecule has 0 saturated heterocycles. The van der Waals surface area contributed by atoms with Crippen molar-refractivity contribution < 1.29 is 9.90 Å². The van der Waals surface area contributed by atoms with Gasteiger partial charge in [0.2, 0.25) is 0 Å². The first-order valence-corrected chi connectivity index (χ1v) is 7.50. The van der Waals surface area contributed by atoms with Crippen LogP contribution in [0.5, 0.6) is 5.75 Å². The summed E-state index contributed by atoms with van der Waals surface area (Å²) in [4.78, 5) is 12.4. The highest BCUT2D eigenvalue weighted by Crippen LogP contribution is 2.29. The monoisotopic (exact) mass is 300 g/mol. The van der Waals surface area contributed by atoms with Gasteiger partial charge in [-0.15, -0.1) is 0 Å². The maximum absolute atomic E-state index is 12.4. The van der Waals surface area contributed by atoms with Crippen molar-refractivity contribution in [3.63, 3.8) is 0 Å². The van der Waals surface area contributed by atoms with E-state index in [0.29, 0.717) is 6.54 Å². The van der Waals surface area contributed by atoms with Crippen LogP contribution in [-0.2, 0) is 0 Å². The number of aromatic nitrogens is 2. The van der Waals surface area contributed by atoms with E-state index in [-0.39, 0.29) is 22.9 Å². The van der Waals surface area contributed by atoms with Gasteiger partial charge in [0, 0.05) is 6.54 Å². The zero-order valence-corrected chi connectivity index (χ0v) is 12.3. The average molecular weight is 300 g/mol. The molecule has 116 valence electrons. The van der Waals surface area contributed by atoms with Gasteiger partial charge in [0.25, 0.3) is 5.91 Å². The molecule has 6 heteroatoms. The van der Waals surface area contributed by atoms with E-state index in [9.17, 15) is 9.90 Å². The van der Waals surface area contributed by atoms with Crippen LogP contribution in [0.3, 0.4) is 0 Å². The van der Waals surface area contributed by atoms with Gasteiger partial charge in [-0.05, 0) is 25.0 Å². The Balaban J connectivity index is 1.83. The number of nitrogens with one attached hydrogen (secondary N) is 1. The molecule has 1 heterocycles. The van der Waals surface area contributed by atoms with Gasteiger partial charge < -0.3 is 16.2 Å². The molecule has 22 heavy (non-hydrogen) atoms. The molecule has 0 atom stereocenters. The number of nitrogens with zero attached hydrogens (tertiary/aromatic N) is 2. The van der Waals surface area contributed by atoms with Gasteiger partial charge in [0.1, 0.15) is 0 Å². The van der Waals surface area contributed by atoms with Crippen LogP contribution in [0, 0.1) is 0 Å². The van der Waals surface area contributed by atoms with Crippen molar-refractivity contribution >= 4 is 5.91 Å². The Morgan fingerprint density at radius 2 is 2.00 bits per heavy atom. The maximum atomic E-state index is 12.4. The number of nitrogens with two attached hydrogens (primary N) is 1. The van der Waals surface area contributed by atoms with E-state index in [1.807, 2.05) is 30.3 Å². The van der Waals surface area contributed by atoms with E-state index < -0.39 is 0 Å². The molecule has 1 amide bonds. The zero-order chi connectivity index (χ0) is 15.6. The predicted molar refractivity (Wildman–Crippen MR) is 82.9 cm³/mol. The molecular formula is C16H20N4O2. The molecule has 0 radical (unpaired) electrons. The highest BCUT2D eigenvalue weighted by Gasteiger charge is 2.35. The Morgan fingerprint density at radius 3 is 2.64 bits per heavy atom. The van der Waals surface area contributed by atoms with Gasteiger partial charge in [0.05, 0.1) is 17.4 Å². The number of hydrogen-bond donors (Lipinski definition) is 3. The number of carbonyl (C=O) groups is 1. The molecule has 0 bridgehead atoms. The minimum atomic E-state index is -0.375. The van der Waals surface area contributed by atoms with E-state index in [1.165, 1.54) is 10.9 Å². The summed E-state index contributed by atoms with van der Waals surface area (Å²) >= 11 is 0. The standard InChI is InChI=1S/C16H20N4O2/c17-11-16(8-4-5-9-16)18-15(22)14-13(21)10-20(19-14)12-6-2-1-3-7-12/h1-3,6-7,10,21H,4-5,8-9,11,17H2,(H,18,22). The predicted octanol–water partition coefficient (Wildman–Crippen LogP) is 1.58. The minimum absolute atomic E-state index is 0.0311. The molecule has 1 fully saturated rings. The second kappa shape index (κ2) is 5.81. The summed E-state index contributed by atoms with van der Waals surface area (Å²) in [7, 11) is 0. The number of para-hydroxylation sites is 1. The molecule has 1 aliphatic carbocycles. The Morgan fingerprint density at radius 1 is 1.32 bits per heavy atom. The topological polar surface area (TPSA) is 93.2 Å². The third-order valence-electron chi connectivity index (χ3n) is 4.26. The first-order chi connectivity index (χ1) is 10.6. The zero-order valence-electron chi connectivity index (χ0n) is 12.3. The quantitative estimate of drug-likeness (QED) is 0.799. The average Bonchev–Trinajstić information content (AvgIpc) is 3.15. The molecule has 0 unspecified atom stereocenters. The largest absolute Gasteiger partial charge is 0.504 e. The second-order valence-corrected chi connectivity index (χ2v) is 5.79. The van der Waals surface area contributed by atoms with Gasteiger partial charge >= 0.3 is 0 Å². The summed E-state index contributed by atoms with van der Waals surface area (Å²) in [5.74, 6) is -0.508. The van der Waals surface area contributed by atoms with Crippen molar-refractivity contribution in [3.8, 4) is 11.4 Å². The lowest BCUT2D eigenvalue weighted by Gasteiger charge is -2.28. The van der Waals surface area contributed by atoms with Crippen LogP contribution in [0.4, 0.5) is 0 Å². The normalized spacial score (nSPS) is 16.6. The molecule has 4 N–H and O–H groups in total. The van der Waals surface area contributed by atoms with Gasteiger partial charge in [-0.1, -0.05) is 31.0 Å². The van der Waals surface area contributed by atoms with Crippen molar-refractivity contribution in [1.82, 2.24) is 15.1 Å². The van der Waals surface area contributed by atoms with Gasteiger partial charge in [-0.3, -0.25) is 4.79 Å². The molecule has 1 aromatic heterocycles. The first kappa shape index (κ1) is 14.6. The maximum Gasteiger partial charge on any atom is 0.276 e. The number of hydrogen-bond acceptors (Lipinski definition) is 4. The van der Waals surface area contributed by atoms with E-state index >= 15 is 0 Å². The third-order valence-corrected chi connectivity index (χ3v) is 4.26. The first-order valence-electron chi connectivity index (χ1n) is 7.50. The van der Waals surface area contributed by atoms with Crippen LogP contribution >= 0.6 is 0 Å². The van der Waals surface area contributed by atoms with Gasteiger partial charge in [-0.2, -0.15) is 5.10 Å². The lowest BCUT2D eigenvalue weighted by atomic mass is 9.97. The van der Waals surface area contributed by atoms with Gasteiger partial charge in [-0.25, -0.2) is 4.68 Å². The van der Waals surface area contributed by atoms with Crippen LogP contribution in [0.2, 0.25) is 0 Å². The molecule has 0 spiro atoms. The summed E-state index contributed by atoms with van der Waals surface area (Å²) < 4.78 is 1.49. The van der Waals surface area contributed by atoms with E-state index in [2.05, 4.69) is 10.4 Å². The van der Waals surface area contributed by atoms with Crippen LogP contribution in [0.25, 0.3) is 5.69 Å². The Kier molecular flexibility index (Phi) is 3.85. The lowest BCUT2D eigenvalue weighted by Crippen LogP contribution is -2.51. The Bertz CT molecular complexity index is 660. The number of aromatic hydroxyl groups is 1. The van der Waals surface area contributed by atoms with Crippen molar-refractivity contribution in [1.29, 1.82) is 0 Å². The number of rotatable bonds is 4. The fraction of sp³-hybridized carbons (Fsp3) is 0.375. The molecular weight excluding hydrogens is 280 g/mol. The smallest absolute Gasteiger partial charge is 0.276 e. The molecule has 0 aliphatic heterocycles. The fourth-order valence-corrected chi connectivity index (χ4v) is 2.97. The highest BCUT2D eigenvalue weighted by atomic mass is 16.3. The summed E-state index contributed by atoms with van der Waals surface area (Å²) in [6.07, 6.45) is 5.29. The number of benzene rings is 1. The van der Waals surface area contributed by atoms with Crippen LogP contribution in [0.15, 0.2) is 36.5 Å². The van der Waals surface area contributed by atoms with Crippen LogP contribution < -0.4 is 11.1 Å². The van der Waals surface area contributed by atoms with Gasteiger partial charge in [0.15, 0.2) is 11.4 Å². The minimum Gasteiger partial charge on any atom is -0.504 e. The Labute approximate surface area is 128 Å². The molecule has 1 aromatic carbocycles. The van der Waals surface area contributed by atoms with Crippen molar-refractivity contribution in [2.75, 3.05) is 6.54 Å². The van der Waals surface area contributed by atoms with Crippen LogP contribution in [0.1, 0.15) is 36.2 Å². The van der Waals surface area contributed by atoms with Crippen molar-refractivity contribution in [2.45, 2.75) is 31.2 Å².